The van der Waals surface area contributed by atoms with E-state index in [0.29, 0.717) is 30.5 Å². The summed E-state index contributed by atoms with van der Waals surface area (Å²) < 4.78 is 220. The van der Waals surface area contributed by atoms with E-state index in [1.54, 1.807) is 13.8 Å². The van der Waals surface area contributed by atoms with Gasteiger partial charge in [0, 0.05) is 57.1 Å². The average molecular weight is 1310 g/mol. The number of nitrogens with one attached hydrogen (secondary N) is 7. The SMILES string of the molecule is CCCCC(=O)[C@H](Cc1cnc[nH]1)NC(=O)[C@@H](NC(=O)[C@H](Cc1ccc(O)cc1)NC(=O)[C@@H](NC(=O)[C@H](CCCN=C(N)N)CNC(=O)[C@H](CC(=O)O)NC(=O)CCC(F)(F)C(F)C(F)(F)C(F)(F)C(F)(F)C(F)(F)C(F)(F)C(F)(F)F)C(C)C)[C@@H](C)CC. The number of nitrogens with two attached hydrogens (primary N) is 2. The number of amides is 6. The van der Waals surface area contributed by atoms with Crippen molar-refractivity contribution in [3.05, 3.63) is 48.0 Å². The highest BCUT2D eigenvalue weighted by Crippen LogP contribution is 2.62. The minimum atomic E-state index is -8.64. The number of carboxylic acid groups (broad SMARTS) is 1. The largest absolute Gasteiger partial charge is 0.508 e. The van der Waals surface area contributed by atoms with Gasteiger partial charge in [-0.05, 0) is 48.8 Å². The first-order valence-corrected chi connectivity index (χ1v) is 27.2. The van der Waals surface area contributed by atoms with Crippen molar-refractivity contribution < 1.29 is 119 Å². The molecule has 0 aliphatic carbocycles. The Balaban J connectivity index is 2.44. The number of benzene rings is 1. The number of unbranched alkanes of at least 4 members (excludes halogenated alkanes) is 1. The maximum Gasteiger partial charge on any atom is 0.460 e. The number of carbonyl (C=O) groups excluding carboxylic acids is 7. The molecule has 0 saturated heterocycles. The molecule has 1 aromatic carbocycles. The van der Waals surface area contributed by atoms with Crippen molar-refractivity contribution in [3.63, 3.8) is 0 Å². The molecule has 0 fully saturated rings. The summed E-state index contributed by atoms with van der Waals surface area (Å²) in [5.74, 6) is -61.5. The van der Waals surface area contributed by atoms with E-state index in [1.807, 2.05) is 12.2 Å². The fourth-order valence-corrected chi connectivity index (χ4v) is 8.23. The molecule has 6 amide bonds. The van der Waals surface area contributed by atoms with E-state index in [4.69, 9.17) is 11.5 Å². The summed E-state index contributed by atoms with van der Waals surface area (Å²) in [4.78, 5) is 119. The van der Waals surface area contributed by atoms with E-state index in [2.05, 4.69) is 36.2 Å². The van der Waals surface area contributed by atoms with Crippen LogP contribution in [-0.4, -0.2) is 165 Å². The average Bonchev–Trinajstić information content (AvgIpc) is 0.818. The molecule has 2 rings (SSSR count). The predicted octanol–water partition coefficient (Wildman–Crippen LogP) is 5.54. The molecule has 0 aliphatic heterocycles. The Morgan fingerprint density at radius 3 is 1.74 bits per heavy atom. The van der Waals surface area contributed by atoms with Crippen LogP contribution in [0.5, 0.6) is 5.75 Å². The number of Topliss-reactive ketones (excluding diaryl/α,β-unsaturated/α-hetero) is 1. The monoisotopic (exact) mass is 1310 g/mol. The molecule has 1 heterocycles. The number of rotatable bonds is 38. The highest BCUT2D eigenvalue weighted by molar-refractivity contribution is 5.96. The standard InChI is InChI=1S/C52H69F16N11O10/c1-6-8-11-34(81)31(20-29-23-71-24-74-29)76-43(89)38(26(5)7-2)79-41(87)32(19-27-12-14-30(80)15-13-27)77-42(88)37(25(3)4)78-39(85)28(10-9-18-72-45(69)70)22-73-40(86)33(21-36(83)84)75-35(82)16-17-46(54,55)44(53)47(56,57)48(58,59)49(60,61)50(62,63)51(64,65)52(66,67)68/h12-15,23-26,28,31-33,37-38,44,80H,6-11,16-22H2,1-5H3,(H,71,74)(H,73,86)(H,75,82)(H,76,89)(H,77,88)(H,78,85)(H,79,87)(H,83,84)(H4,69,70,72)/t26-,28+,31-,32-,33-,37-,38-,44?/m0/s1. The number of ketones is 1. The summed E-state index contributed by atoms with van der Waals surface area (Å²) in [7, 11) is 0. The maximum atomic E-state index is 14.7. The van der Waals surface area contributed by atoms with Crippen LogP contribution in [0.15, 0.2) is 41.8 Å². The number of aromatic amines is 1. The van der Waals surface area contributed by atoms with Crippen molar-refractivity contribution in [1.29, 1.82) is 0 Å². The first-order chi connectivity index (χ1) is 40.8. The van der Waals surface area contributed by atoms with Gasteiger partial charge < -0.3 is 58.6 Å². The van der Waals surface area contributed by atoms with Crippen molar-refractivity contribution in [2.45, 2.75) is 183 Å². The van der Waals surface area contributed by atoms with Gasteiger partial charge in [0.1, 0.15) is 29.9 Å². The minimum absolute atomic E-state index is 0.0230. The number of nitrogens with zero attached hydrogens (tertiary/aromatic N) is 2. The minimum Gasteiger partial charge on any atom is -0.508 e. The van der Waals surface area contributed by atoms with Gasteiger partial charge in [0.05, 0.1) is 24.7 Å². The summed E-state index contributed by atoms with van der Waals surface area (Å²) >= 11 is 0. The zero-order chi connectivity index (χ0) is 68.4. The number of aliphatic imine (C=N–C) groups is 1. The second-order valence-electron chi connectivity index (χ2n) is 21.1. The molecule has 0 radical (unpaired) electrons. The number of guanidine groups is 1. The number of aromatic nitrogens is 2. The molecule has 13 N–H and O–H groups in total. The number of hydrogen-bond acceptors (Lipinski definition) is 11. The number of halogens is 16. The van der Waals surface area contributed by atoms with Crippen molar-refractivity contribution in [3.8, 4) is 5.75 Å². The van der Waals surface area contributed by atoms with Gasteiger partial charge in [0.25, 0.3) is 5.92 Å². The second kappa shape index (κ2) is 32.2. The zero-order valence-electron chi connectivity index (χ0n) is 48.1. The number of aliphatic carboxylic acids is 1. The Morgan fingerprint density at radius 2 is 1.22 bits per heavy atom. The lowest BCUT2D eigenvalue weighted by Gasteiger charge is -2.41. The van der Waals surface area contributed by atoms with Crippen LogP contribution in [0, 0.1) is 17.8 Å². The van der Waals surface area contributed by atoms with Gasteiger partial charge in [-0.2, -0.15) is 57.1 Å². The topological polar surface area (TPSA) is 342 Å². The number of imidazole rings is 1. The number of aromatic hydroxyl groups is 1. The van der Waals surface area contributed by atoms with Crippen molar-refractivity contribution >= 4 is 53.2 Å². The predicted molar refractivity (Wildman–Crippen MR) is 281 cm³/mol. The van der Waals surface area contributed by atoms with Crippen molar-refractivity contribution in [2.75, 3.05) is 13.1 Å². The summed E-state index contributed by atoms with van der Waals surface area (Å²) in [6.45, 7) is 7.01. The number of carboxylic acids is 1. The number of alkyl halides is 16. The van der Waals surface area contributed by atoms with Crippen LogP contribution in [0.4, 0.5) is 70.2 Å². The van der Waals surface area contributed by atoms with Crippen molar-refractivity contribution in [1.82, 2.24) is 41.9 Å². The summed E-state index contributed by atoms with van der Waals surface area (Å²) in [5.41, 5.74) is 11.6. The fraction of sp³-hybridized carbons (Fsp3) is 0.654. The number of hydrogen-bond donors (Lipinski definition) is 11. The van der Waals surface area contributed by atoms with Gasteiger partial charge in [0.15, 0.2) is 11.7 Å². The van der Waals surface area contributed by atoms with Crippen LogP contribution in [0.25, 0.3) is 0 Å². The molecule has 504 valence electrons. The molecule has 0 spiro atoms. The number of H-pyrrole nitrogens is 1. The smallest absolute Gasteiger partial charge is 0.460 e. The third-order valence-electron chi connectivity index (χ3n) is 13.8. The van der Waals surface area contributed by atoms with Gasteiger partial charge in [-0.25, -0.2) is 18.2 Å². The highest BCUT2D eigenvalue weighted by Gasteiger charge is 2.92. The first-order valence-electron chi connectivity index (χ1n) is 27.2. The lowest BCUT2D eigenvalue weighted by atomic mass is 9.89. The van der Waals surface area contributed by atoms with E-state index >= 15 is 0 Å². The Labute approximate surface area is 497 Å². The van der Waals surface area contributed by atoms with Crippen LogP contribution in [0.3, 0.4) is 0 Å². The highest BCUT2D eigenvalue weighted by atomic mass is 19.4. The van der Waals surface area contributed by atoms with Crippen LogP contribution in [0.1, 0.15) is 104 Å². The Morgan fingerprint density at radius 1 is 0.663 bits per heavy atom. The molecule has 2 aromatic rings. The van der Waals surface area contributed by atoms with Gasteiger partial charge >= 0.3 is 41.8 Å². The van der Waals surface area contributed by atoms with Gasteiger partial charge in [0.2, 0.25) is 41.6 Å². The molecule has 1 unspecified atom stereocenters. The lowest BCUT2D eigenvalue weighted by molar-refractivity contribution is -0.445. The van der Waals surface area contributed by atoms with E-state index in [1.165, 1.54) is 56.0 Å². The first kappa shape index (κ1) is 77.4. The fourth-order valence-electron chi connectivity index (χ4n) is 8.23. The Kier molecular flexibility index (Phi) is 28.0. The lowest BCUT2D eigenvalue weighted by Crippen LogP contribution is -2.72. The molecule has 37 heteroatoms. The van der Waals surface area contributed by atoms with Crippen LogP contribution < -0.4 is 43.4 Å². The number of phenolic OH excluding ortho intramolecular Hbond substituents is 1. The molecular weight excluding hydrogens is 1240 g/mol. The number of phenols is 1. The Bertz CT molecular complexity index is 2740. The van der Waals surface area contributed by atoms with Crippen molar-refractivity contribution in [2.24, 2.45) is 34.2 Å². The van der Waals surface area contributed by atoms with Crippen LogP contribution in [0.2, 0.25) is 0 Å². The molecule has 0 saturated carbocycles. The van der Waals surface area contributed by atoms with Gasteiger partial charge in [-0.15, -0.1) is 0 Å². The third-order valence-corrected chi connectivity index (χ3v) is 13.8. The van der Waals surface area contributed by atoms with E-state index in [0.717, 1.165) is 0 Å². The molecule has 8 atom stereocenters. The summed E-state index contributed by atoms with van der Waals surface area (Å²) in [6, 6.07) is -2.60. The molecule has 0 aliphatic rings. The van der Waals surface area contributed by atoms with Crippen LogP contribution in [-0.2, 0) is 51.2 Å². The third kappa shape index (κ3) is 20.7. The van der Waals surface area contributed by atoms with Gasteiger partial charge in [-0.1, -0.05) is 59.6 Å². The molecule has 21 nitrogen and oxygen atoms in total. The Hall–Kier alpha value is -7.66. The van der Waals surface area contributed by atoms with E-state index in [-0.39, 0.29) is 50.2 Å². The normalized spacial score (nSPS) is 15.4. The quantitative estimate of drug-likeness (QED) is 0.0171. The molecule has 89 heavy (non-hydrogen) atoms. The summed E-state index contributed by atoms with van der Waals surface area (Å²) in [5, 5.41) is 33.3. The molecule has 0 bridgehead atoms. The van der Waals surface area contributed by atoms with E-state index < -0.39 is 169 Å². The molecule has 1 aromatic heterocycles. The zero-order valence-corrected chi connectivity index (χ0v) is 48.1. The maximum absolute atomic E-state index is 14.7. The molecular formula is C52H69F16N11O10. The van der Waals surface area contributed by atoms with Crippen LogP contribution >= 0.6 is 0 Å². The second-order valence-corrected chi connectivity index (χ2v) is 21.1. The number of carbonyl (C=O) groups is 8. The van der Waals surface area contributed by atoms with E-state index in [9.17, 15) is 119 Å². The van der Waals surface area contributed by atoms with Gasteiger partial charge in [-0.3, -0.25) is 43.3 Å². The summed E-state index contributed by atoms with van der Waals surface area (Å²) in [6.07, 6.45) is -16.8.